The quantitative estimate of drug-likeness (QED) is 0.114. The lowest BCUT2D eigenvalue weighted by Crippen LogP contribution is -2.28. The van der Waals surface area contributed by atoms with Crippen LogP contribution in [0.5, 0.6) is 0 Å². The molecular formula is C25H49NO. The van der Waals surface area contributed by atoms with E-state index in [-0.39, 0.29) is 0 Å². The molecule has 0 aliphatic rings. The average Bonchev–Trinajstić information content (AvgIpc) is 2.67. The summed E-state index contributed by atoms with van der Waals surface area (Å²) in [4.78, 5) is 2.43. The Morgan fingerprint density at radius 1 is 0.593 bits per heavy atom. The van der Waals surface area contributed by atoms with Crippen LogP contribution in [0.3, 0.4) is 0 Å². The molecule has 0 saturated carbocycles. The molecule has 0 heterocycles. The van der Waals surface area contributed by atoms with E-state index in [2.05, 4.69) is 50.0 Å². The van der Waals surface area contributed by atoms with Gasteiger partial charge in [0.05, 0.1) is 6.73 Å². The average molecular weight is 380 g/mol. The Balaban J connectivity index is 3.27. The molecule has 0 aromatic carbocycles. The summed E-state index contributed by atoms with van der Waals surface area (Å²) < 4.78 is 5.83. The van der Waals surface area contributed by atoms with Crippen LogP contribution in [-0.2, 0) is 4.74 Å². The van der Waals surface area contributed by atoms with E-state index in [1.54, 1.807) is 0 Å². The molecule has 0 aliphatic carbocycles. The van der Waals surface area contributed by atoms with Gasteiger partial charge in [0.15, 0.2) is 0 Å². The number of nitrogens with zero attached hydrogens (tertiary/aromatic N) is 1. The smallest absolute Gasteiger partial charge is 0.0990 e. The van der Waals surface area contributed by atoms with Crippen LogP contribution in [0.1, 0.15) is 111 Å². The summed E-state index contributed by atoms with van der Waals surface area (Å²) in [6.45, 7) is 10.8. The Hall–Kier alpha value is -0.600. The van der Waals surface area contributed by atoms with Gasteiger partial charge >= 0.3 is 0 Å². The third-order valence-electron chi connectivity index (χ3n) is 4.84. The summed E-state index contributed by atoms with van der Waals surface area (Å²) in [6.07, 6.45) is 27.4. The number of hydrogen-bond acceptors (Lipinski definition) is 2. The predicted molar refractivity (Wildman–Crippen MR) is 122 cm³/mol. The fourth-order valence-electron chi connectivity index (χ4n) is 3.26. The Kier molecular flexibility index (Phi) is 22.9. The maximum absolute atomic E-state index is 5.83. The van der Waals surface area contributed by atoms with Gasteiger partial charge in [-0.05, 0) is 51.4 Å². The number of unbranched alkanes of at least 4 members (excludes halogenated alkanes) is 9. The highest BCUT2D eigenvalue weighted by Crippen LogP contribution is 2.08. The van der Waals surface area contributed by atoms with Crippen LogP contribution in [-0.4, -0.2) is 31.3 Å². The van der Waals surface area contributed by atoms with E-state index in [0.29, 0.717) is 0 Å². The van der Waals surface area contributed by atoms with E-state index in [4.69, 9.17) is 4.74 Å². The maximum Gasteiger partial charge on any atom is 0.0990 e. The lowest BCUT2D eigenvalue weighted by atomic mass is 10.1. The van der Waals surface area contributed by atoms with Gasteiger partial charge in [0.25, 0.3) is 0 Å². The van der Waals surface area contributed by atoms with Crippen LogP contribution in [0.2, 0.25) is 0 Å². The first-order valence-electron chi connectivity index (χ1n) is 11.9. The fourth-order valence-corrected chi connectivity index (χ4v) is 3.26. The molecule has 0 aromatic heterocycles. The van der Waals surface area contributed by atoms with Crippen molar-refractivity contribution >= 4 is 0 Å². The van der Waals surface area contributed by atoms with E-state index in [0.717, 1.165) is 32.8 Å². The van der Waals surface area contributed by atoms with Gasteiger partial charge < -0.3 is 4.74 Å². The number of ether oxygens (including phenoxy) is 1. The molecular weight excluding hydrogens is 330 g/mol. The van der Waals surface area contributed by atoms with Gasteiger partial charge in [-0.1, -0.05) is 83.6 Å². The molecule has 0 spiro atoms. The Bertz CT molecular complexity index is 318. The highest BCUT2D eigenvalue weighted by molar-refractivity contribution is 4.92. The van der Waals surface area contributed by atoms with E-state index >= 15 is 0 Å². The second kappa shape index (κ2) is 23.4. The van der Waals surface area contributed by atoms with Gasteiger partial charge in [-0.25, -0.2) is 0 Å². The largest absolute Gasteiger partial charge is 0.366 e. The fraction of sp³-hybridized carbons (Fsp3) is 0.840. The molecule has 0 N–H and O–H groups in total. The minimum Gasteiger partial charge on any atom is -0.366 e. The van der Waals surface area contributed by atoms with Crippen molar-refractivity contribution in [3.63, 3.8) is 0 Å². The third-order valence-corrected chi connectivity index (χ3v) is 4.84. The normalized spacial score (nSPS) is 12.1. The molecule has 0 unspecified atom stereocenters. The molecule has 0 amide bonds. The minimum atomic E-state index is 0.821. The highest BCUT2D eigenvalue weighted by Gasteiger charge is 2.01. The first-order chi connectivity index (χ1) is 13.3. The molecule has 0 saturated heterocycles. The first-order valence-corrected chi connectivity index (χ1v) is 11.9. The zero-order valence-corrected chi connectivity index (χ0v) is 18.9. The summed E-state index contributed by atoms with van der Waals surface area (Å²) in [7, 11) is 0. The van der Waals surface area contributed by atoms with Crippen LogP contribution in [0.4, 0.5) is 0 Å². The van der Waals surface area contributed by atoms with Crippen LogP contribution in [0, 0.1) is 0 Å². The SMILES string of the molecule is CCCCC/C=C\C/C=C\CCCCCCCCOCN(CCC)CCC. The number of hydrogen-bond donors (Lipinski definition) is 0. The van der Waals surface area contributed by atoms with Crippen molar-refractivity contribution in [3.05, 3.63) is 24.3 Å². The van der Waals surface area contributed by atoms with E-state index < -0.39 is 0 Å². The summed E-state index contributed by atoms with van der Waals surface area (Å²) in [6, 6.07) is 0. The van der Waals surface area contributed by atoms with Gasteiger partial charge in [-0.3, -0.25) is 4.90 Å². The molecule has 2 nitrogen and oxygen atoms in total. The van der Waals surface area contributed by atoms with Crippen LogP contribution < -0.4 is 0 Å². The van der Waals surface area contributed by atoms with E-state index in [1.165, 1.54) is 83.5 Å². The molecule has 0 fully saturated rings. The van der Waals surface area contributed by atoms with Crippen molar-refractivity contribution in [2.75, 3.05) is 26.4 Å². The van der Waals surface area contributed by atoms with Crippen LogP contribution in [0.25, 0.3) is 0 Å². The predicted octanol–water partition coefficient (Wildman–Crippen LogP) is 7.90. The van der Waals surface area contributed by atoms with Crippen LogP contribution in [0.15, 0.2) is 24.3 Å². The molecule has 0 radical (unpaired) electrons. The Labute approximate surface area is 171 Å². The summed E-state index contributed by atoms with van der Waals surface area (Å²) >= 11 is 0. The molecule has 0 rings (SSSR count). The zero-order valence-electron chi connectivity index (χ0n) is 18.9. The van der Waals surface area contributed by atoms with E-state index in [1.807, 2.05) is 0 Å². The van der Waals surface area contributed by atoms with Crippen molar-refractivity contribution in [1.82, 2.24) is 4.90 Å². The maximum atomic E-state index is 5.83. The summed E-state index contributed by atoms with van der Waals surface area (Å²) in [5.74, 6) is 0. The van der Waals surface area contributed by atoms with Gasteiger partial charge in [-0.15, -0.1) is 0 Å². The second-order valence-electron chi connectivity index (χ2n) is 7.74. The second-order valence-corrected chi connectivity index (χ2v) is 7.74. The summed E-state index contributed by atoms with van der Waals surface area (Å²) in [5.41, 5.74) is 0. The van der Waals surface area contributed by atoms with Crippen molar-refractivity contribution in [2.45, 2.75) is 111 Å². The van der Waals surface area contributed by atoms with Crippen molar-refractivity contribution in [2.24, 2.45) is 0 Å². The molecule has 27 heavy (non-hydrogen) atoms. The van der Waals surface area contributed by atoms with Crippen molar-refractivity contribution in [3.8, 4) is 0 Å². The van der Waals surface area contributed by atoms with Gasteiger partial charge in [-0.2, -0.15) is 0 Å². The topological polar surface area (TPSA) is 12.5 Å². The Morgan fingerprint density at radius 2 is 1.15 bits per heavy atom. The molecule has 0 aromatic rings. The zero-order chi connectivity index (χ0) is 19.8. The lowest BCUT2D eigenvalue weighted by molar-refractivity contribution is 0.0267. The Morgan fingerprint density at radius 3 is 1.74 bits per heavy atom. The molecule has 0 atom stereocenters. The van der Waals surface area contributed by atoms with E-state index in [9.17, 15) is 0 Å². The molecule has 0 aliphatic heterocycles. The molecule has 2 heteroatoms. The van der Waals surface area contributed by atoms with Gasteiger partial charge in [0.1, 0.15) is 0 Å². The molecule has 160 valence electrons. The third kappa shape index (κ3) is 21.6. The summed E-state index contributed by atoms with van der Waals surface area (Å²) in [5, 5.41) is 0. The standard InChI is InChI=1S/C25H49NO/c1-4-7-8-9-10-11-12-13-14-15-16-17-18-19-20-21-24-27-25-26(22-5-2)23-6-3/h10-11,13-14H,4-9,12,15-25H2,1-3H3/b11-10-,14-13-. The number of allylic oxidation sites excluding steroid dienone is 4. The monoisotopic (exact) mass is 379 g/mol. The highest BCUT2D eigenvalue weighted by atomic mass is 16.5. The van der Waals surface area contributed by atoms with Gasteiger partial charge in [0.2, 0.25) is 0 Å². The molecule has 0 bridgehead atoms. The number of rotatable bonds is 21. The van der Waals surface area contributed by atoms with Crippen molar-refractivity contribution in [1.29, 1.82) is 0 Å². The minimum absolute atomic E-state index is 0.821. The van der Waals surface area contributed by atoms with Crippen molar-refractivity contribution < 1.29 is 4.74 Å². The van der Waals surface area contributed by atoms with Gasteiger partial charge in [0, 0.05) is 19.7 Å². The lowest BCUT2D eigenvalue weighted by Gasteiger charge is -2.20. The van der Waals surface area contributed by atoms with Crippen LogP contribution >= 0.6 is 0 Å². The first kappa shape index (κ1) is 26.4.